The van der Waals surface area contributed by atoms with Gasteiger partial charge in [0.2, 0.25) is 5.91 Å². The Morgan fingerprint density at radius 2 is 1.90 bits per heavy atom. The van der Waals surface area contributed by atoms with E-state index in [2.05, 4.69) is 10.3 Å². The zero-order valence-corrected chi connectivity index (χ0v) is 11.7. The molecule has 2 rings (SSSR count). The van der Waals surface area contributed by atoms with Crippen LogP contribution in [0.15, 0.2) is 53.7 Å². The first kappa shape index (κ1) is 14.1. The normalized spacial score (nSPS) is 11.4. The van der Waals surface area contributed by atoms with Crippen LogP contribution in [0.5, 0.6) is 0 Å². The van der Waals surface area contributed by atoms with Crippen LogP contribution in [-0.2, 0) is 4.79 Å². The number of carbonyl (C=O) groups excluding carboxylic acids is 1. The third-order valence-electron chi connectivity index (χ3n) is 2.61. The molecule has 4 nitrogen and oxygen atoms in total. The molecule has 0 aliphatic heterocycles. The molecule has 0 spiro atoms. The van der Waals surface area contributed by atoms with Crippen LogP contribution in [0.4, 0.5) is 5.69 Å². The molecule has 1 N–H and O–H groups in total. The zero-order chi connectivity index (χ0) is 14.4. The van der Waals surface area contributed by atoms with Crippen molar-refractivity contribution in [2.45, 2.75) is 17.1 Å². The van der Waals surface area contributed by atoms with E-state index in [1.165, 1.54) is 11.8 Å². The smallest absolute Gasteiger partial charge is 0.237 e. The van der Waals surface area contributed by atoms with Crippen molar-refractivity contribution in [3.05, 3.63) is 54.4 Å². The van der Waals surface area contributed by atoms with E-state index >= 15 is 0 Å². The molecule has 0 saturated heterocycles. The van der Waals surface area contributed by atoms with Crippen molar-refractivity contribution in [3.63, 3.8) is 0 Å². The molecule has 20 heavy (non-hydrogen) atoms. The van der Waals surface area contributed by atoms with Gasteiger partial charge in [0, 0.05) is 23.0 Å². The highest BCUT2D eigenvalue weighted by Gasteiger charge is 2.14. The van der Waals surface area contributed by atoms with Gasteiger partial charge in [-0.2, -0.15) is 5.26 Å². The van der Waals surface area contributed by atoms with Gasteiger partial charge >= 0.3 is 0 Å². The summed E-state index contributed by atoms with van der Waals surface area (Å²) in [6.07, 6.45) is 3.40. The number of aromatic nitrogens is 1. The van der Waals surface area contributed by atoms with Crippen LogP contribution in [0.25, 0.3) is 0 Å². The van der Waals surface area contributed by atoms with Gasteiger partial charge < -0.3 is 5.32 Å². The summed E-state index contributed by atoms with van der Waals surface area (Å²) in [6, 6.07) is 12.6. The Kier molecular flexibility index (Phi) is 4.75. The first-order valence-corrected chi connectivity index (χ1v) is 6.95. The number of rotatable bonds is 4. The molecule has 0 radical (unpaired) electrons. The summed E-state index contributed by atoms with van der Waals surface area (Å²) in [4.78, 5) is 17.0. The molecule has 0 bridgehead atoms. The Bertz CT molecular complexity index is 620. The zero-order valence-electron chi connectivity index (χ0n) is 10.9. The van der Waals surface area contributed by atoms with E-state index in [-0.39, 0.29) is 11.2 Å². The van der Waals surface area contributed by atoms with E-state index in [9.17, 15) is 4.79 Å². The lowest BCUT2D eigenvalue weighted by atomic mass is 10.2. The molecule has 100 valence electrons. The maximum Gasteiger partial charge on any atom is 0.237 e. The van der Waals surface area contributed by atoms with E-state index in [0.717, 1.165) is 4.90 Å². The highest BCUT2D eigenvalue weighted by atomic mass is 32.2. The summed E-state index contributed by atoms with van der Waals surface area (Å²) < 4.78 is 0. The fraction of sp³-hybridized carbons (Fsp3) is 0.133. The quantitative estimate of drug-likeness (QED) is 0.876. The average molecular weight is 283 g/mol. The maximum atomic E-state index is 12.1. The Balaban J connectivity index is 1.95. The van der Waals surface area contributed by atoms with Gasteiger partial charge in [0.05, 0.1) is 16.9 Å². The van der Waals surface area contributed by atoms with Crippen LogP contribution in [0.1, 0.15) is 12.5 Å². The van der Waals surface area contributed by atoms with Gasteiger partial charge in [0.15, 0.2) is 0 Å². The number of carbonyl (C=O) groups is 1. The third-order valence-corrected chi connectivity index (χ3v) is 3.73. The third kappa shape index (κ3) is 3.84. The standard InChI is InChI=1S/C15H13N3OS/c1-11(20-14-6-8-17-9-7-14)15(19)18-13-4-2-12(10-16)3-5-13/h2-9,11H,1H3,(H,18,19). The minimum atomic E-state index is -0.215. The van der Waals surface area contributed by atoms with E-state index < -0.39 is 0 Å². The minimum Gasteiger partial charge on any atom is -0.325 e. The number of nitriles is 1. The Labute approximate surface area is 121 Å². The fourth-order valence-corrected chi connectivity index (χ4v) is 2.40. The first-order valence-electron chi connectivity index (χ1n) is 6.07. The summed E-state index contributed by atoms with van der Waals surface area (Å²) in [7, 11) is 0. The van der Waals surface area contributed by atoms with Gasteiger partial charge in [-0.3, -0.25) is 9.78 Å². The molecule has 0 aliphatic carbocycles. The second kappa shape index (κ2) is 6.73. The lowest BCUT2D eigenvalue weighted by Crippen LogP contribution is -2.22. The second-order valence-electron chi connectivity index (χ2n) is 4.12. The largest absolute Gasteiger partial charge is 0.325 e. The molecule has 1 aromatic carbocycles. The molecular formula is C15H13N3OS. The molecule has 2 aromatic rings. The SMILES string of the molecule is CC(Sc1ccncc1)C(=O)Nc1ccc(C#N)cc1. The highest BCUT2D eigenvalue weighted by molar-refractivity contribution is 8.00. The lowest BCUT2D eigenvalue weighted by Gasteiger charge is -2.11. The van der Waals surface area contributed by atoms with Crippen molar-refractivity contribution in [1.29, 1.82) is 5.26 Å². The molecule has 1 aromatic heterocycles. The first-order chi connectivity index (χ1) is 9.69. The van der Waals surface area contributed by atoms with Gasteiger partial charge in [-0.25, -0.2) is 0 Å². The van der Waals surface area contributed by atoms with Gasteiger partial charge in [0.25, 0.3) is 0 Å². The molecule has 1 atom stereocenters. The van der Waals surface area contributed by atoms with Crippen molar-refractivity contribution in [2.24, 2.45) is 0 Å². The Morgan fingerprint density at radius 3 is 2.50 bits per heavy atom. The van der Waals surface area contributed by atoms with Crippen molar-refractivity contribution < 1.29 is 4.79 Å². The lowest BCUT2D eigenvalue weighted by molar-refractivity contribution is -0.115. The maximum absolute atomic E-state index is 12.1. The predicted molar refractivity (Wildman–Crippen MR) is 79.3 cm³/mol. The molecule has 0 aliphatic rings. The summed E-state index contributed by atoms with van der Waals surface area (Å²) in [5.74, 6) is -0.0727. The average Bonchev–Trinajstić information content (AvgIpc) is 2.49. The van der Waals surface area contributed by atoms with Crippen molar-refractivity contribution in [2.75, 3.05) is 5.32 Å². The van der Waals surface area contributed by atoms with Crippen molar-refractivity contribution in [3.8, 4) is 6.07 Å². The number of hydrogen-bond donors (Lipinski definition) is 1. The number of benzene rings is 1. The van der Waals surface area contributed by atoms with Gasteiger partial charge in [-0.05, 0) is 43.3 Å². The Hall–Kier alpha value is -2.32. The van der Waals surface area contributed by atoms with Gasteiger partial charge in [-0.15, -0.1) is 11.8 Å². The number of anilines is 1. The van der Waals surface area contributed by atoms with Crippen LogP contribution in [0, 0.1) is 11.3 Å². The number of pyridine rings is 1. The molecule has 1 amide bonds. The van der Waals surface area contributed by atoms with Crippen LogP contribution >= 0.6 is 11.8 Å². The summed E-state index contributed by atoms with van der Waals surface area (Å²) in [5, 5.41) is 11.3. The summed E-state index contributed by atoms with van der Waals surface area (Å²) in [5.41, 5.74) is 1.26. The Morgan fingerprint density at radius 1 is 1.25 bits per heavy atom. The van der Waals surface area contributed by atoms with Gasteiger partial charge in [-0.1, -0.05) is 0 Å². The molecule has 0 saturated carbocycles. The van der Waals surface area contributed by atoms with E-state index in [1.54, 1.807) is 36.7 Å². The number of nitrogens with one attached hydrogen (secondary N) is 1. The molecule has 0 fully saturated rings. The van der Waals surface area contributed by atoms with Crippen LogP contribution < -0.4 is 5.32 Å². The van der Waals surface area contributed by atoms with Crippen molar-refractivity contribution in [1.82, 2.24) is 4.98 Å². The van der Waals surface area contributed by atoms with Crippen LogP contribution in [0.2, 0.25) is 0 Å². The van der Waals surface area contributed by atoms with Crippen LogP contribution in [0.3, 0.4) is 0 Å². The minimum absolute atomic E-state index is 0.0727. The molecule has 1 heterocycles. The molecule has 5 heteroatoms. The topological polar surface area (TPSA) is 65.8 Å². The van der Waals surface area contributed by atoms with E-state index in [4.69, 9.17) is 5.26 Å². The summed E-state index contributed by atoms with van der Waals surface area (Å²) in [6.45, 7) is 1.85. The molecule has 1 unspecified atom stereocenters. The second-order valence-corrected chi connectivity index (χ2v) is 5.54. The van der Waals surface area contributed by atoms with E-state index in [0.29, 0.717) is 11.3 Å². The number of amides is 1. The van der Waals surface area contributed by atoms with Crippen LogP contribution in [-0.4, -0.2) is 16.1 Å². The fourth-order valence-electron chi connectivity index (χ4n) is 1.55. The summed E-state index contributed by atoms with van der Waals surface area (Å²) >= 11 is 1.47. The van der Waals surface area contributed by atoms with Crippen molar-refractivity contribution >= 4 is 23.4 Å². The highest BCUT2D eigenvalue weighted by Crippen LogP contribution is 2.23. The molecular weight excluding hydrogens is 270 g/mol. The monoisotopic (exact) mass is 283 g/mol. The number of thioether (sulfide) groups is 1. The number of nitrogens with zero attached hydrogens (tertiary/aromatic N) is 2. The predicted octanol–water partition coefficient (Wildman–Crippen LogP) is 3.07. The number of hydrogen-bond acceptors (Lipinski definition) is 4. The van der Waals surface area contributed by atoms with E-state index in [1.807, 2.05) is 25.1 Å². The van der Waals surface area contributed by atoms with Gasteiger partial charge in [0.1, 0.15) is 0 Å².